The van der Waals surface area contributed by atoms with Crippen molar-refractivity contribution < 1.29 is 23.9 Å². The molecular formula is C18H33NO5. The molecule has 2 atom stereocenters. The molecule has 0 spiro atoms. The standard InChI is InChI=1S/C18H33NO5/c1-6-8-9-10-11-12-14(13-20)15(16(21)23-7-2)19-17(22)24-18(3,4)5/h13-15H,6-12H2,1-5H3,(H,19,22)/t14-,15-/m0/s1. The Morgan fingerprint density at radius 3 is 2.21 bits per heavy atom. The molecule has 0 fully saturated rings. The third-order valence-electron chi connectivity index (χ3n) is 3.46. The van der Waals surface area contributed by atoms with Gasteiger partial charge in [0.2, 0.25) is 0 Å². The molecule has 0 unspecified atom stereocenters. The average molecular weight is 343 g/mol. The number of amides is 1. The second-order valence-electron chi connectivity index (χ2n) is 6.88. The van der Waals surface area contributed by atoms with Crippen molar-refractivity contribution in [2.75, 3.05) is 6.61 Å². The van der Waals surface area contributed by atoms with E-state index >= 15 is 0 Å². The number of esters is 1. The molecule has 0 aromatic heterocycles. The molecule has 140 valence electrons. The van der Waals surface area contributed by atoms with Gasteiger partial charge in [0.1, 0.15) is 17.9 Å². The Bertz CT molecular complexity index is 389. The number of alkyl carbamates (subject to hydrolysis) is 1. The smallest absolute Gasteiger partial charge is 0.408 e. The number of nitrogens with one attached hydrogen (secondary N) is 1. The molecule has 0 bridgehead atoms. The second-order valence-corrected chi connectivity index (χ2v) is 6.88. The maximum Gasteiger partial charge on any atom is 0.408 e. The molecule has 6 nitrogen and oxygen atoms in total. The van der Waals surface area contributed by atoms with Crippen molar-refractivity contribution in [2.45, 2.75) is 84.8 Å². The molecule has 0 saturated heterocycles. The highest BCUT2D eigenvalue weighted by molar-refractivity contribution is 5.84. The summed E-state index contributed by atoms with van der Waals surface area (Å²) in [5.74, 6) is -1.22. The first-order valence-corrected chi connectivity index (χ1v) is 8.86. The minimum atomic E-state index is -1.01. The summed E-state index contributed by atoms with van der Waals surface area (Å²) in [5.41, 5.74) is -0.680. The van der Waals surface area contributed by atoms with Gasteiger partial charge < -0.3 is 19.6 Å². The van der Waals surface area contributed by atoms with Gasteiger partial charge in [0.25, 0.3) is 0 Å². The van der Waals surface area contributed by atoms with E-state index in [2.05, 4.69) is 12.2 Å². The minimum absolute atomic E-state index is 0.188. The lowest BCUT2D eigenvalue weighted by Crippen LogP contribution is -2.49. The van der Waals surface area contributed by atoms with E-state index in [1.807, 2.05) is 0 Å². The lowest BCUT2D eigenvalue weighted by atomic mass is 9.94. The highest BCUT2D eigenvalue weighted by Gasteiger charge is 2.32. The molecule has 6 heteroatoms. The van der Waals surface area contributed by atoms with Crippen molar-refractivity contribution >= 4 is 18.3 Å². The van der Waals surface area contributed by atoms with Gasteiger partial charge in [-0.3, -0.25) is 0 Å². The first kappa shape index (κ1) is 22.4. The van der Waals surface area contributed by atoms with Crippen LogP contribution in [0.15, 0.2) is 0 Å². The second kappa shape index (κ2) is 11.9. The van der Waals surface area contributed by atoms with E-state index in [4.69, 9.17) is 9.47 Å². The third kappa shape index (κ3) is 10.2. The van der Waals surface area contributed by atoms with Gasteiger partial charge in [0, 0.05) is 5.92 Å². The number of aldehydes is 1. The van der Waals surface area contributed by atoms with Crippen LogP contribution in [0.4, 0.5) is 4.79 Å². The van der Waals surface area contributed by atoms with Crippen LogP contribution in [0.3, 0.4) is 0 Å². The largest absolute Gasteiger partial charge is 0.464 e. The van der Waals surface area contributed by atoms with Crippen molar-refractivity contribution in [1.29, 1.82) is 0 Å². The van der Waals surface area contributed by atoms with Crippen LogP contribution in [-0.4, -0.2) is 36.6 Å². The third-order valence-corrected chi connectivity index (χ3v) is 3.46. The normalized spacial score (nSPS) is 13.7. The van der Waals surface area contributed by atoms with E-state index in [9.17, 15) is 14.4 Å². The van der Waals surface area contributed by atoms with Crippen LogP contribution in [0.2, 0.25) is 0 Å². The first-order chi connectivity index (χ1) is 11.2. The topological polar surface area (TPSA) is 81.7 Å². The van der Waals surface area contributed by atoms with Crippen molar-refractivity contribution in [3.05, 3.63) is 0 Å². The van der Waals surface area contributed by atoms with Gasteiger partial charge in [-0.05, 0) is 34.1 Å². The van der Waals surface area contributed by atoms with E-state index < -0.39 is 29.6 Å². The molecule has 24 heavy (non-hydrogen) atoms. The van der Waals surface area contributed by atoms with Crippen LogP contribution >= 0.6 is 0 Å². The van der Waals surface area contributed by atoms with E-state index in [0.29, 0.717) is 6.42 Å². The molecule has 0 saturated carbocycles. The van der Waals surface area contributed by atoms with Crippen LogP contribution in [0.25, 0.3) is 0 Å². The lowest BCUT2D eigenvalue weighted by molar-refractivity contribution is -0.148. The van der Waals surface area contributed by atoms with Gasteiger partial charge in [-0.25, -0.2) is 9.59 Å². The highest BCUT2D eigenvalue weighted by atomic mass is 16.6. The maximum absolute atomic E-state index is 12.1. The van der Waals surface area contributed by atoms with E-state index in [-0.39, 0.29) is 6.61 Å². The number of rotatable bonds is 11. The molecule has 1 N–H and O–H groups in total. The van der Waals surface area contributed by atoms with Crippen LogP contribution in [-0.2, 0) is 19.1 Å². The fourth-order valence-corrected chi connectivity index (χ4v) is 2.30. The van der Waals surface area contributed by atoms with E-state index in [0.717, 1.165) is 38.4 Å². The zero-order valence-corrected chi connectivity index (χ0v) is 15.7. The van der Waals surface area contributed by atoms with Gasteiger partial charge in [-0.2, -0.15) is 0 Å². The number of unbranched alkanes of at least 4 members (excludes halogenated alkanes) is 4. The molecule has 0 aliphatic rings. The Kier molecular flexibility index (Phi) is 11.1. The average Bonchev–Trinajstić information content (AvgIpc) is 2.47. The van der Waals surface area contributed by atoms with Crippen molar-refractivity contribution in [1.82, 2.24) is 5.32 Å². The SMILES string of the molecule is CCCCCCC[C@@H](C=O)[C@H](NC(=O)OC(C)(C)C)C(=O)OCC. The quantitative estimate of drug-likeness (QED) is 0.352. The van der Waals surface area contributed by atoms with E-state index in [1.54, 1.807) is 27.7 Å². The lowest BCUT2D eigenvalue weighted by Gasteiger charge is -2.25. The number of hydrogen-bond donors (Lipinski definition) is 1. The van der Waals surface area contributed by atoms with Crippen molar-refractivity contribution in [3.8, 4) is 0 Å². The molecule has 0 aromatic carbocycles. The number of hydrogen-bond acceptors (Lipinski definition) is 5. The monoisotopic (exact) mass is 343 g/mol. The highest BCUT2D eigenvalue weighted by Crippen LogP contribution is 2.16. The fourth-order valence-electron chi connectivity index (χ4n) is 2.30. The Morgan fingerprint density at radius 2 is 1.71 bits per heavy atom. The van der Waals surface area contributed by atoms with Gasteiger partial charge in [0.15, 0.2) is 0 Å². The Hall–Kier alpha value is -1.59. The Balaban J connectivity index is 4.78. The summed E-state index contributed by atoms with van der Waals surface area (Å²) >= 11 is 0. The van der Waals surface area contributed by atoms with Crippen LogP contribution in [0.1, 0.15) is 73.1 Å². The van der Waals surface area contributed by atoms with Crippen LogP contribution in [0.5, 0.6) is 0 Å². The van der Waals surface area contributed by atoms with Crippen molar-refractivity contribution in [3.63, 3.8) is 0 Å². The molecule has 0 rings (SSSR count). The molecule has 0 radical (unpaired) electrons. The van der Waals surface area contributed by atoms with Crippen molar-refractivity contribution in [2.24, 2.45) is 5.92 Å². The summed E-state index contributed by atoms with van der Waals surface area (Å²) in [6.07, 6.45) is 5.76. The number of carbonyl (C=O) groups excluding carboxylic acids is 3. The summed E-state index contributed by atoms with van der Waals surface area (Å²) in [7, 11) is 0. The Labute approximate surface area is 145 Å². The maximum atomic E-state index is 12.1. The van der Waals surface area contributed by atoms with Crippen LogP contribution in [0, 0.1) is 5.92 Å². The molecule has 1 amide bonds. The summed E-state index contributed by atoms with van der Waals surface area (Å²) in [5, 5.41) is 2.49. The number of ether oxygens (including phenoxy) is 2. The summed E-state index contributed by atoms with van der Waals surface area (Å²) in [6.45, 7) is 9.21. The molecule has 0 aliphatic carbocycles. The fraction of sp³-hybridized carbons (Fsp3) is 0.833. The zero-order valence-electron chi connectivity index (χ0n) is 15.7. The molecule has 0 aliphatic heterocycles. The minimum Gasteiger partial charge on any atom is -0.464 e. The van der Waals surface area contributed by atoms with E-state index in [1.165, 1.54) is 0 Å². The Morgan fingerprint density at radius 1 is 1.08 bits per heavy atom. The first-order valence-electron chi connectivity index (χ1n) is 8.86. The predicted molar refractivity (Wildman–Crippen MR) is 92.7 cm³/mol. The molecule has 0 heterocycles. The molecule has 0 aromatic rings. The summed E-state index contributed by atoms with van der Waals surface area (Å²) < 4.78 is 10.2. The van der Waals surface area contributed by atoms with Gasteiger partial charge in [-0.1, -0.05) is 39.0 Å². The van der Waals surface area contributed by atoms with Gasteiger partial charge in [0.05, 0.1) is 6.61 Å². The van der Waals surface area contributed by atoms with Gasteiger partial charge >= 0.3 is 12.1 Å². The van der Waals surface area contributed by atoms with Crippen LogP contribution < -0.4 is 5.32 Å². The summed E-state index contributed by atoms with van der Waals surface area (Å²) in [6, 6.07) is -1.01. The van der Waals surface area contributed by atoms with Gasteiger partial charge in [-0.15, -0.1) is 0 Å². The molecular weight excluding hydrogens is 310 g/mol. The zero-order chi connectivity index (χ0) is 18.6. The number of carbonyl (C=O) groups is 3. The summed E-state index contributed by atoms with van der Waals surface area (Å²) in [4.78, 5) is 35.5. The predicted octanol–water partition coefficient (Wildman–Crippen LogP) is 3.62.